The standard InChI is InChI=1S/C14H26N2O3S/c1-4-11(9-20-3)15-13(19)16-14(12(17)18)7-5-10(2)6-8-14/h10-11H,4-9H2,1-3H3,(H,17,18)(H2,15,16,19). The SMILES string of the molecule is CCC(CSC)NC(=O)NC1(C(=O)O)CCC(C)CC1. The minimum Gasteiger partial charge on any atom is -0.480 e. The molecular formula is C14H26N2O3S. The molecule has 1 aliphatic rings. The van der Waals surface area contributed by atoms with Gasteiger partial charge in [-0.25, -0.2) is 9.59 Å². The highest BCUT2D eigenvalue weighted by atomic mass is 32.2. The normalized spacial score (nSPS) is 27.6. The zero-order chi connectivity index (χ0) is 15.2. The van der Waals surface area contributed by atoms with Crippen LogP contribution in [0.1, 0.15) is 46.0 Å². The van der Waals surface area contributed by atoms with Crippen molar-refractivity contribution in [2.45, 2.75) is 57.5 Å². The van der Waals surface area contributed by atoms with Crippen molar-refractivity contribution < 1.29 is 14.7 Å². The number of hydrogen-bond donors (Lipinski definition) is 3. The van der Waals surface area contributed by atoms with E-state index in [4.69, 9.17) is 0 Å². The lowest BCUT2D eigenvalue weighted by Gasteiger charge is -2.36. The van der Waals surface area contributed by atoms with Gasteiger partial charge in [-0.05, 0) is 44.3 Å². The molecule has 1 saturated carbocycles. The molecule has 0 aromatic rings. The minimum absolute atomic E-state index is 0.0818. The molecule has 1 unspecified atom stereocenters. The van der Waals surface area contributed by atoms with Crippen LogP contribution in [0.5, 0.6) is 0 Å². The predicted octanol–water partition coefficient (Wildman–Crippen LogP) is 2.46. The molecule has 0 aromatic heterocycles. The van der Waals surface area contributed by atoms with Gasteiger partial charge in [0.1, 0.15) is 5.54 Å². The fraction of sp³-hybridized carbons (Fsp3) is 0.857. The van der Waals surface area contributed by atoms with Crippen LogP contribution in [0.3, 0.4) is 0 Å². The molecule has 5 nitrogen and oxygen atoms in total. The number of rotatable bonds is 6. The number of carboxylic acids is 1. The van der Waals surface area contributed by atoms with E-state index in [-0.39, 0.29) is 12.1 Å². The van der Waals surface area contributed by atoms with E-state index in [1.807, 2.05) is 13.2 Å². The van der Waals surface area contributed by atoms with Gasteiger partial charge in [-0.2, -0.15) is 11.8 Å². The van der Waals surface area contributed by atoms with E-state index in [2.05, 4.69) is 17.6 Å². The van der Waals surface area contributed by atoms with Crippen LogP contribution >= 0.6 is 11.8 Å². The van der Waals surface area contributed by atoms with Gasteiger partial charge >= 0.3 is 12.0 Å². The molecule has 1 aliphatic carbocycles. The Morgan fingerprint density at radius 3 is 2.45 bits per heavy atom. The van der Waals surface area contributed by atoms with E-state index in [1.165, 1.54) is 0 Å². The molecule has 1 fully saturated rings. The predicted molar refractivity (Wildman–Crippen MR) is 82.1 cm³/mol. The molecule has 0 aliphatic heterocycles. The highest BCUT2D eigenvalue weighted by molar-refractivity contribution is 7.98. The Morgan fingerprint density at radius 2 is 2.00 bits per heavy atom. The van der Waals surface area contributed by atoms with Crippen LogP contribution in [-0.4, -0.2) is 40.7 Å². The number of thioether (sulfide) groups is 1. The van der Waals surface area contributed by atoms with Crippen LogP contribution in [0.2, 0.25) is 0 Å². The average Bonchev–Trinajstić information content (AvgIpc) is 2.40. The molecule has 0 radical (unpaired) electrons. The second-order valence-corrected chi connectivity index (χ2v) is 6.64. The molecule has 6 heteroatoms. The first-order valence-corrected chi connectivity index (χ1v) is 8.64. The van der Waals surface area contributed by atoms with E-state index in [0.29, 0.717) is 18.8 Å². The summed E-state index contributed by atoms with van der Waals surface area (Å²) < 4.78 is 0. The Bertz CT molecular complexity index is 341. The summed E-state index contributed by atoms with van der Waals surface area (Å²) in [6.45, 7) is 4.13. The summed E-state index contributed by atoms with van der Waals surface area (Å²) >= 11 is 1.67. The quantitative estimate of drug-likeness (QED) is 0.704. The Kier molecular flexibility index (Phi) is 6.65. The number of amides is 2. The molecule has 0 heterocycles. The van der Waals surface area contributed by atoms with E-state index in [1.54, 1.807) is 11.8 Å². The number of carboxylic acid groups (broad SMARTS) is 1. The highest BCUT2D eigenvalue weighted by Gasteiger charge is 2.42. The second kappa shape index (κ2) is 7.76. The second-order valence-electron chi connectivity index (χ2n) is 5.73. The van der Waals surface area contributed by atoms with Crippen molar-refractivity contribution in [3.05, 3.63) is 0 Å². The zero-order valence-corrected chi connectivity index (χ0v) is 13.4. The summed E-state index contributed by atoms with van der Waals surface area (Å²) in [5, 5.41) is 15.1. The van der Waals surface area contributed by atoms with Gasteiger partial charge in [-0.3, -0.25) is 0 Å². The largest absolute Gasteiger partial charge is 0.480 e. The Labute approximate surface area is 125 Å². The van der Waals surface area contributed by atoms with Crippen molar-refractivity contribution in [3.63, 3.8) is 0 Å². The van der Waals surface area contributed by atoms with E-state index in [9.17, 15) is 14.7 Å². The molecule has 2 amide bonds. The third-order valence-corrected chi connectivity index (χ3v) is 4.82. The van der Waals surface area contributed by atoms with Gasteiger partial charge in [-0.1, -0.05) is 13.8 Å². The molecule has 20 heavy (non-hydrogen) atoms. The Hall–Kier alpha value is -0.910. The van der Waals surface area contributed by atoms with Crippen molar-refractivity contribution in [1.82, 2.24) is 10.6 Å². The molecule has 3 N–H and O–H groups in total. The first-order valence-electron chi connectivity index (χ1n) is 7.24. The number of hydrogen-bond acceptors (Lipinski definition) is 3. The van der Waals surface area contributed by atoms with Crippen LogP contribution in [0.15, 0.2) is 0 Å². The molecule has 0 aromatic carbocycles. The Morgan fingerprint density at radius 1 is 1.40 bits per heavy atom. The molecule has 0 spiro atoms. The molecule has 1 atom stereocenters. The van der Waals surface area contributed by atoms with Gasteiger partial charge < -0.3 is 15.7 Å². The first-order chi connectivity index (χ1) is 9.43. The van der Waals surface area contributed by atoms with E-state index in [0.717, 1.165) is 25.0 Å². The lowest BCUT2D eigenvalue weighted by atomic mass is 9.77. The van der Waals surface area contributed by atoms with Crippen LogP contribution in [0, 0.1) is 5.92 Å². The van der Waals surface area contributed by atoms with Gasteiger partial charge in [0.2, 0.25) is 0 Å². The van der Waals surface area contributed by atoms with Crippen molar-refractivity contribution in [1.29, 1.82) is 0 Å². The minimum atomic E-state index is -1.09. The molecular weight excluding hydrogens is 276 g/mol. The number of carbonyl (C=O) groups is 2. The maximum Gasteiger partial charge on any atom is 0.329 e. The summed E-state index contributed by atoms with van der Waals surface area (Å²) in [5.74, 6) is 0.450. The molecule has 1 rings (SSSR count). The fourth-order valence-electron chi connectivity index (χ4n) is 2.55. The molecule has 116 valence electrons. The average molecular weight is 302 g/mol. The van der Waals surface area contributed by atoms with E-state index >= 15 is 0 Å². The van der Waals surface area contributed by atoms with Crippen LogP contribution < -0.4 is 10.6 Å². The van der Waals surface area contributed by atoms with Crippen molar-refractivity contribution in [2.75, 3.05) is 12.0 Å². The summed E-state index contributed by atoms with van der Waals surface area (Å²) in [6, 6.07) is -0.277. The third kappa shape index (κ3) is 4.58. The van der Waals surface area contributed by atoms with Crippen molar-refractivity contribution >= 4 is 23.8 Å². The monoisotopic (exact) mass is 302 g/mol. The molecule has 0 saturated heterocycles. The number of aliphatic carboxylic acids is 1. The van der Waals surface area contributed by atoms with Crippen LogP contribution in [-0.2, 0) is 4.79 Å². The number of carbonyl (C=O) groups excluding carboxylic acids is 1. The molecule has 0 bridgehead atoms. The van der Waals surface area contributed by atoms with E-state index < -0.39 is 11.5 Å². The van der Waals surface area contributed by atoms with Crippen molar-refractivity contribution in [2.24, 2.45) is 5.92 Å². The van der Waals surface area contributed by atoms with Gasteiger partial charge in [-0.15, -0.1) is 0 Å². The number of nitrogens with one attached hydrogen (secondary N) is 2. The summed E-state index contributed by atoms with van der Waals surface area (Å²) in [5.41, 5.74) is -1.09. The van der Waals surface area contributed by atoms with Gasteiger partial charge in [0, 0.05) is 11.8 Å². The lowest BCUT2D eigenvalue weighted by molar-refractivity contribution is -0.146. The Balaban J connectivity index is 2.62. The number of urea groups is 1. The topological polar surface area (TPSA) is 78.4 Å². The summed E-state index contributed by atoms with van der Waals surface area (Å²) in [7, 11) is 0. The van der Waals surface area contributed by atoms with Gasteiger partial charge in [0.05, 0.1) is 0 Å². The van der Waals surface area contributed by atoms with Crippen LogP contribution in [0.25, 0.3) is 0 Å². The van der Waals surface area contributed by atoms with Gasteiger partial charge in [0.25, 0.3) is 0 Å². The summed E-state index contributed by atoms with van der Waals surface area (Å²) in [6.07, 6.45) is 5.53. The maximum atomic E-state index is 12.1. The highest BCUT2D eigenvalue weighted by Crippen LogP contribution is 2.32. The first kappa shape index (κ1) is 17.1. The van der Waals surface area contributed by atoms with Crippen molar-refractivity contribution in [3.8, 4) is 0 Å². The third-order valence-electron chi connectivity index (χ3n) is 4.09. The smallest absolute Gasteiger partial charge is 0.329 e. The van der Waals surface area contributed by atoms with Gasteiger partial charge in [0.15, 0.2) is 0 Å². The fourth-order valence-corrected chi connectivity index (χ4v) is 3.27. The summed E-state index contributed by atoms with van der Waals surface area (Å²) in [4.78, 5) is 23.6. The lowest BCUT2D eigenvalue weighted by Crippen LogP contribution is -2.59. The maximum absolute atomic E-state index is 12.1. The zero-order valence-electron chi connectivity index (χ0n) is 12.6. The van der Waals surface area contributed by atoms with Crippen LogP contribution in [0.4, 0.5) is 4.79 Å².